The summed E-state index contributed by atoms with van der Waals surface area (Å²) in [5.74, 6) is 0. The van der Waals surface area contributed by atoms with Crippen LogP contribution in [0.1, 0.15) is 26.5 Å². The van der Waals surface area contributed by atoms with E-state index in [2.05, 4.69) is 25.6 Å². The fourth-order valence-corrected chi connectivity index (χ4v) is 2.78. The normalized spacial score (nSPS) is 20.3. The van der Waals surface area contributed by atoms with Crippen molar-refractivity contribution < 1.29 is 9.29 Å². The molecule has 0 amide bonds. The molecule has 100 valence electrons. The standard InChI is InChI=1S/C12H17BrN2O2S/c1-11(2,3)18(16)15-12(7-17-8-12)10-6-9(13)4-5-14-10/h4-6,15H,7-8H2,1-3H3. The van der Waals surface area contributed by atoms with Gasteiger partial charge in [0.2, 0.25) is 0 Å². The Kier molecular flexibility index (Phi) is 4.04. The zero-order chi connectivity index (χ0) is 13.4. The lowest BCUT2D eigenvalue weighted by atomic mass is 9.94. The van der Waals surface area contributed by atoms with Crippen molar-refractivity contribution in [2.75, 3.05) is 13.2 Å². The van der Waals surface area contributed by atoms with Crippen LogP contribution in [0, 0.1) is 0 Å². The molecule has 1 aromatic rings. The predicted octanol–water partition coefficient (Wildman–Crippen LogP) is 2.12. The fraction of sp³-hybridized carbons (Fsp3) is 0.583. The summed E-state index contributed by atoms with van der Waals surface area (Å²) in [6.45, 7) is 6.82. The smallest absolute Gasteiger partial charge is 0.151 e. The van der Waals surface area contributed by atoms with Gasteiger partial charge in [-0.2, -0.15) is 0 Å². The number of hydrogen-bond acceptors (Lipinski definition) is 4. The van der Waals surface area contributed by atoms with Gasteiger partial charge in [0.25, 0.3) is 0 Å². The topological polar surface area (TPSA) is 57.2 Å². The van der Waals surface area contributed by atoms with Crippen LogP contribution in [-0.2, 0) is 21.6 Å². The van der Waals surface area contributed by atoms with Crippen molar-refractivity contribution in [2.24, 2.45) is 0 Å². The maximum absolute atomic E-state index is 12.2. The van der Waals surface area contributed by atoms with Crippen molar-refractivity contribution in [3.05, 3.63) is 28.5 Å². The maximum Gasteiger partial charge on any atom is 0.151 e. The van der Waals surface area contributed by atoms with Crippen molar-refractivity contribution in [1.82, 2.24) is 9.71 Å². The number of halogens is 1. The number of ether oxygens (including phenoxy) is 1. The summed E-state index contributed by atoms with van der Waals surface area (Å²) >= 11 is 2.28. The Morgan fingerprint density at radius 2 is 2.17 bits per heavy atom. The Morgan fingerprint density at radius 1 is 1.50 bits per heavy atom. The lowest BCUT2D eigenvalue weighted by Gasteiger charge is -2.42. The quantitative estimate of drug-likeness (QED) is 0.861. The molecule has 2 heterocycles. The maximum atomic E-state index is 12.2. The van der Waals surface area contributed by atoms with Gasteiger partial charge in [0.1, 0.15) is 4.75 Å². The molecule has 1 atom stereocenters. The molecule has 0 spiro atoms. The zero-order valence-electron chi connectivity index (χ0n) is 10.7. The second-order valence-corrected chi connectivity index (χ2v) is 8.30. The van der Waals surface area contributed by atoms with Gasteiger partial charge in [0, 0.05) is 22.0 Å². The molecule has 0 radical (unpaired) electrons. The predicted molar refractivity (Wildman–Crippen MR) is 75.5 cm³/mol. The fourth-order valence-electron chi connectivity index (χ4n) is 1.56. The highest BCUT2D eigenvalue weighted by Gasteiger charge is 2.47. The molecule has 1 unspecified atom stereocenters. The van der Waals surface area contributed by atoms with E-state index in [1.807, 2.05) is 32.9 Å². The second kappa shape index (κ2) is 5.09. The van der Waals surface area contributed by atoms with Crippen LogP contribution < -0.4 is 4.72 Å². The molecule has 1 aliphatic heterocycles. The van der Waals surface area contributed by atoms with E-state index >= 15 is 0 Å². The molecule has 0 aromatic carbocycles. The van der Waals surface area contributed by atoms with Gasteiger partial charge in [-0.05, 0) is 32.9 Å². The lowest BCUT2D eigenvalue weighted by Crippen LogP contribution is -2.62. The average molecular weight is 333 g/mol. The minimum atomic E-state index is -1.15. The molecule has 1 fully saturated rings. The Morgan fingerprint density at radius 3 is 2.61 bits per heavy atom. The van der Waals surface area contributed by atoms with Crippen molar-refractivity contribution in [3.63, 3.8) is 0 Å². The summed E-state index contributed by atoms with van der Waals surface area (Å²) in [5, 5.41) is 0. The largest absolute Gasteiger partial charge is 0.598 e. The van der Waals surface area contributed by atoms with Gasteiger partial charge in [-0.15, -0.1) is 4.72 Å². The van der Waals surface area contributed by atoms with Crippen LogP contribution in [0.2, 0.25) is 0 Å². The molecule has 0 saturated carbocycles. The number of nitrogens with one attached hydrogen (secondary N) is 1. The van der Waals surface area contributed by atoms with Crippen molar-refractivity contribution >= 4 is 27.3 Å². The van der Waals surface area contributed by atoms with E-state index in [0.29, 0.717) is 13.2 Å². The van der Waals surface area contributed by atoms with E-state index in [1.54, 1.807) is 6.20 Å². The Labute approximate surface area is 119 Å². The van der Waals surface area contributed by atoms with Gasteiger partial charge in [0.15, 0.2) is 5.54 Å². The van der Waals surface area contributed by atoms with E-state index in [4.69, 9.17) is 4.74 Å². The van der Waals surface area contributed by atoms with Gasteiger partial charge in [-0.25, -0.2) is 0 Å². The third kappa shape index (κ3) is 2.88. The zero-order valence-corrected chi connectivity index (χ0v) is 13.1. The molecule has 1 N–H and O–H groups in total. The molecule has 6 heteroatoms. The van der Waals surface area contributed by atoms with Gasteiger partial charge >= 0.3 is 0 Å². The Bertz CT molecular complexity index is 432. The highest BCUT2D eigenvalue weighted by Crippen LogP contribution is 2.32. The summed E-state index contributed by atoms with van der Waals surface area (Å²) in [6.07, 6.45) is 1.74. The van der Waals surface area contributed by atoms with Crippen LogP contribution in [0.4, 0.5) is 0 Å². The number of rotatable bonds is 3. The molecule has 18 heavy (non-hydrogen) atoms. The summed E-state index contributed by atoms with van der Waals surface area (Å²) in [6, 6.07) is 3.81. The Balaban J connectivity index is 2.21. The van der Waals surface area contributed by atoms with Crippen LogP contribution in [0.25, 0.3) is 0 Å². The minimum absolute atomic E-state index is 0.311. The van der Waals surface area contributed by atoms with Crippen LogP contribution in [0.15, 0.2) is 22.8 Å². The molecular weight excluding hydrogens is 316 g/mol. The number of hydrogen-bond donors (Lipinski definition) is 1. The van der Waals surface area contributed by atoms with E-state index in [9.17, 15) is 4.55 Å². The highest BCUT2D eigenvalue weighted by atomic mass is 79.9. The SMILES string of the molecule is CC(C)(C)[S+]([O-])NC1(c2cc(Br)ccn2)COC1. The van der Waals surface area contributed by atoms with E-state index in [0.717, 1.165) is 10.2 Å². The number of aromatic nitrogens is 1. The summed E-state index contributed by atoms with van der Waals surface area (Å²) < 4.78 is 21.4. The third-order valence-corrected chi connectivity index (χ3v) is 4.94. The monoisotopic (exact) mass is 332 g/mol. The number of pyridine rings is 1. The van der Waals surface area contributed by atoms with Gasteiger partial charge in [-0.3, -0.25) is 4.98 Å². The van der Waals surface area contributed by atoms with Gasteiger partial charge < -0.3 is 9.29 Å². The molecule has 0 bridgehead atoms. The molecule has 1 saturated heterocycles. The number of nitrogens with zero attached hydrogens (tertiary/aromatic N) is 1. The van der Waals surface area contributed by atoms with Crippen LogP contribution >= 0.6 is 15.9 Å². The second-order valence-electron chi connectivity index (χ2n) is 5.42. The van der Waals surface area contributed by atoms with Crippen molar-refractivity contribution in [3.8, 4) is 0 Å². The summed E-state index contributed by atoms with van der Waals surface area (Å²) in [5.41, 5.74) is 0.433. The van der Waals surface area contributed by atoms with Crippen LogP contribution in [-0.4, -0.2) is 27.5 Å². The highest BCUT2D eigenvalue weighted by molar-refractivity contribution is 9.10. The van der Waals surface area contributed by atoms with Crippen molar-refractivity contribution in [1.29, 1.82) is 0 Å². The first-order chi connectivity index (χ1) is 8.33. The Hall–Kier alpha value is -0.140. The molecular formula is C12H17BrN2O2S. The molecule has 2 rings (SSSR count). The van der Waals surface area contributed by atoms with Crippen molar-refractivity contribution in [2.45, 2.75) is 31.1 Å². The van der Waals surface area contributed by atoms with Gasteiger partial charge in [0.05, 0.1) is 18.9 Å². The van der Waals surface area contributed by atoms with E-state index in [-0.39, 0.29) is 4.75 Å². The van der Waals surface area contributed by atoms with Crippen LogP contribution in [0.5, 0.6) is 0 Å². The summed E-state index contributed by atoms with van der Waals surface area (Å²) in [7, 11) is 0. The third-order valence-electron chi connectivity index (χ3n) is 2.75. The average Bonchev–Trinajstić information content (AvgIpc) is 2.21. The molecule has 1 aliphatic rings. The van der Waals surface area contributed by atoms with Crippen LogP contribution in [0.3, 0.4) is 0 Å². The first-order valence-electron chi connectivity index (χ1n) is 5.73. The lowest BCUT2D eigenvalue weighted by molar-refractivity contribution is -0.0688. The molecule has 0 aliphatic carbocycles. The molecule has 4 nitrogen and oxygen atoms in total. The van der Waals surface area contributed by atoms with E-state index in [1.165, 1.54) is 0 Å². The first kappa shape index (κ1) is 14.3. The summed E-state index contributed by atoms with van der Waals surface area (Å²) in [4.78, 5) is 4.36. The molecule has 1 aromatic heterocycles. The first-order valence-corrected chi connectivity index (χ1v) is 7.67. The van der Waals surface area contributed by atoms with Gasteiger partial charge in [-0.1, -0.05) is 15.9 Å². The minimum Gasteiger partial charge on any atom is -0.598 e. The van der Waals surface area contributed by atoms with E-state index < -0.39 is 16.9 Å².